The van der Waals surface area contributed by atoms with Crippen LogP contribution >= 0.6 is 22.6 Å². The second-order valence-corrected chi connectivity index (χ2v) is 2.88. The van der Waals surface area contributed by atoms with Crippen LogP contribution in [0.25, 0.3) is 0 Å². The third-order valence-electron chi connectivity index (χ3n) is 1.02. The van der Waals surface area contributed by atoms with E-state index in [2.05, 4.69) is 22.6 Å². The molecule has 0 fully saturated rings. The van der Waals surface area contributed by atoms with Crippen LogP contribution in [0, 0.1) is 0 Å². The molecule has 0 unspecified atom stereocenters. The Kier molecular flexibility index (Phi) is 2.91. The van der Waals surface area contributed by atoms with E-state index in [4.69, 9.17) is 9.60 Å². The molecule has 0 aromatic carbocycles. The number of halogens is 1. The van der Waals surface area contributed by atoms with Crippen molar-refractivity contribution in [2.45, 2.75) is 45.3 Å². The number of hydrogen-bond acceptors (Lipinski definition) is 0. The third kappa shape index (κ3) is 8.73. The molecule has 0 aliphatic rings. The monoisotopic (exact) mass is 247 g/mol. The molecule has 0 aliphatic carbocycles. The maximum Gasteiger partial charge on any atom is 0.0266 e. The SMILES string of the molecule is [2H]C([2H])([2H])C([2H])([2H])C([2H])([2H])CCCCCI. The van der Waals surface area contributed by atoms with Crippen LogP contribution in [0.1, 0.15) is 54.9 Å². The Bertz CT molecular complexity index is 211. The summed E-state index contributed by atoms with van der Waals surface area (Å²) >= 11 is 2.22. The Labute approximate surface area is 82.4 Å². The van der Waals surface area contributed by atoms with Crippen LogP contribution in [0.5, 0.6) is 0 Å². The molecule has 0 amide bonds. The normalized spacial score (nSPS) is 26.1. The first-order valence-electron chi connectivity index (χ1n) is 6.62. The molecular weight excluding hydrogens is 223 g/mol. The van der Waals surface area contributed by atoms with Crippen molar-refractivity contribution in [2.24, 2.45) is 0 Å². The molecule has 0 heterocycles. The number of rotatable bonds is 6. The van der Waals surface area contributed by atoms with Crippen molar-refractivity contribution >= 4 is 22.6 Å². The van der Waals surface area contributed by atoms with Gasteiger partial charge < -0.3 is 0 Å². The fourth-order valence-corrected chi connectivity index (χ4v) is 1.09. The summed E-state index contributed by atoms with van der Waals surface area (Å²) in [5.74, 6) is 0. The lowest BCUT2D eigenvalue weighted by atomic mass is 10.1. The molecule has 0 aromatic heterocycles. The van der Waals surface area contributed by atoms with E-state index in [-0.39, 0.29) is 6.42 Å². The number of unbranched alkanes of at least 4 members (excludes halogenated alkanes) is 2. The highest BCUT2D eigenvalue weighted by molar-refractivity contribution is 14.1. The highest BCUT2D eigenvalue weighted by atomic mass is 127. The van der Waals surface area contributed by atoms with Crippen LogP contribution in [0.15, 0.2) is 0 Å². The zero-order valence-electron chi connectivity index (χ0n) is 12.4. The Morgan fingerprint density at radius 3 is 2.78 bits per heavy atom. The summed E-state index contributed by atoms with van der Waals surface area (Å²) in [6.07, 6.45) is -2.86. The third-order valence-corrected chi connectivity index (χ3v) is 1.79. The van der Waals surface area contributed by atoms with E-state index in [1.165, 1.54) is 0 Å². The van der Waals surface area contributed by atoms with Crippen molar-refractivity contribution in [2.75, 3.05) is 4.43 Å². The first kappa shape index (κ1) is 3.00. The minimum absolute atomic E-state index is 0.0466. The van der Waals surface area contributed by atoms with E-state index in [1.54, 1.807) is 0 Å². The molecule has 56 valence electrons. The van der Waals surface area contributed by atoms with Gasteiger partial charge in [0.05, 0.1) is 0 Å². The van der Waals surface area contributed by atoms with Crippen LogP contribution in [0.2, 0.25) is 0 Å². The summed E-state index contributed by atoms with van der Waals surface area (Å²) < 4.78 is 51.9. The van der Waals surface area contributed by atoms with E-state index >= 15 is 0 Å². The fraction of sp³-hybridized carbons (Fsp3) is 1.00. The zero-order valence-corrected chi connectivity index (χ0v) is 7.57. The summed E-state index contributed by atoms with van der Waals surface area (Å²) in [7, 11) is 0. The predicted octanol–water partition coefficient (Wildman–Crippen LogP) is 3.78. The van der Waals surface area contributed by atoms with E-state index in [0.29, 0.717) is 6.42 Å². The molecular formula is C8H17I. The Morgan fingerprint density at radius 2 is 2.11 bits per heavy atom. The van der Waals surface area contributed by atoms with Gasteiger partial charge in [-0.2, -0.15) is 0 Å². The molecule has 0 atom stereocenters. The highest BCUT2D eigenvalue weighted by Crippen LogP contribution is 2.05. The van der Waals surface area contributed by atoms with Crippen molar-refractivity contribution in [3.05, 3.63) is 0 Å². The molecule has 0 nitrogen and oxygen atoms in total. The molecule has 0 saturated heterocycles. The summed E-state index contributed by atoms with van der Waals surface area (Å²) in [5, 5.41) is 0. The Balaban J connectivity index is 4.41. The summed E-state index contributed by atoms with van der Waals surface area (Å²) in [6, 6.07) is 0. The second kappa shape index (κ2) is 8.73. The van der Waals surface area contributed by atoms with Crippen molar-refractivity contribution in [3.63, 3.8) is 0 Å². The van der Waals surface area contributed by atoms with Gasteiger partial charge >= 0.3 is 0 Å². The van der Waals surface area contributed by atoms with Gasteiger partial charge in [0, 0.05) is 9.60 Å². The van der Waals surface area contributed by atoms with Crippen molar-refractivity contribution in [1.29, 1.82) is 0 Å². The van der Waals surface area contributed by atoms with E-state index in [1.807, 2.05) is 0 Å². The van der Waals surface area contributed by atoms with E-state index in [9.17, 15) is 0 Å². The topological polar surface area (TPSA) is 0 Å². The van der Waals surface area contributed by atoms with Crippen molar-refractivity contribution in [1.82, 2.24) is 0 Å². The highest BCUT2D eigenvalue weighted by Gasteiger charge is 1.86. The molecule has 0 radical (unpaired) electrons. The largest absolute Gasteiger partial charge is 0.0864 e. The second-order valence-electron chi connectivity index (χ2n) is 1.80. The van der Waals surface area contributed by atoms with Crippen LogP contribution in [0.3, 0.4) is 0 Å². The van der Waals surface area contributed by atoms with Crippen LogP contribution in [-0.2, 0) is 0 Å². The summed E-state index contributed by atoms with van der Waals surface area (Å²) in [5.41, 5.74) is 0. The average Bonchev–Trinajstić information content (AvgIpc) is 2.10. The quantitative estimate of drug-likeness (QED) is 0.380. The van der Waals surface area contributed by atoms with Gasteiger partial charge in [0.1, 0.15) is 0 Å². The van der Waals surface area contributed by atoms with Crippen molar-refractivity contribution < 1.29 is 9.60 Å². The summed E-state index contributed by atoms with van der Waals surface area (Å²) in [6.45, 7) is -2.92. The molecule has 0 N–H and O–H groups in total. The predicted molar refractivity (Wildman–Crippen MR) is 52.3 cm³/mol. The lowest BCUT2D eigenvalue weighted by Gasteiger charge is -1.95. The molecule has 0 bridgehead atoms. The van der Waals surface area contributed by atoms with Gasteiger partial charge in [-0.1, -0.05) is 61.5 Å². The number of hydrogen-bond donors (Lipinski definition) is 0. The van der Waals surface area contributed by atoms with Crippen molar-refractivity contribution in [3.8, 4) is 0 Å². The van der Waals surface area contributed by atoms with E-state index in [0.717, 1.165) is 17.3 Å². The Hall–Kier alpha value is 0.730. The zero-order chi connectivity index (χ0) is 13.0. The van der Waals surface area contributed by atoms with E-state index < -0.39 is 19.6 Å². The maximum absolute atomic E-state index is 7.55. The molecule has 0 saturated carbocycles. The summed E-state index contributed by atoms with van der Waals surface area (Å²) in [4.78, 5) is 0. The van der Waals surface area contributed by atoms with Gasteiger partial charge in [-0.25, -0.2) is 0 Å². The Morgan fingerprint density at radius 1 is 1.33 bits per heavy atom. The van der Waals surface area contributed by atoms with Gasteiger partial charge in [-0.15, -0.1) is 0 Å². The lowest BCUT2D eigenvalue weighted by Crippen LogP contribution is -1.77. The van der Waals surface area contributed by atoms with Crippen LogP contribution < -0.4 is 0 Å². The minimum atomic E-state index is -2.92. The minimum Gasteiger partial charge on any atom is -0.0864 e. The molecule has 0 spiro atoms. The first-order chi connectivity index (χ1) is 7.06. The van der Waals surface area contributed by atoms with Gasteiger partial charge in [0.25, 0.3) is 0 Å². The van der Waals surface area contributed by atoms with Gasteiger partial charge in [-0.05, 0) is 10.8 Å². The van der Waals surface area contributed by atoms with Crippen LogP contribution in [0.4, 0.5) is 0 Å². The fourth-order valence-electron chi connectivity index (χ4n) is 0.547. The molecule has 1 heteroatoms. The van der Waals surface area contributed by atoms with Gasteiger partial charge in [0.2, 0.25) is 0 Å². The average molecular weight is 247 g/mol. The smallest absolute Gasteiger partial charge is 0.0266 e. The van der Waals surface area contributed by atoms with Crippen LogP contribution in [-0.4, -0.2) is 4.43 Å². The van der Waals surface area contributed by atoms with Gasteiger partial charge in [0.15, 0.2) is 0 Å². The first-order valence-corrected chi connectivity index (χ1v) is 4.65. The van der Waals surface area contributed by atoms with Gasteiger partial charge in [-0.3, -0.25) is 0 Å². The molecule has 9 heavy (non-hydrogen) atoms. The molecule has 0 rings (SSSR count). The molecule has 0 aliphatic heterocycles. The lowest BCUT2D eigenvalue weighted by molar-refractivity contribution is 0.629. The number of alkyl halides is 1. The maximum atomic E-state index is 7.55. The standard InChI is InChI=1S/C8H17I/c1-2-3-4-5-6-7-8-9/h2-8H2,1H3/i1D3,2D2,3D2. The molecule has 0 aromatic rings.